The SMILES string of the molecule is C=C(C)[C@]1(C)C[C@H](C(=O)c2nccn2-c2ccccc2)[C@H]1c1ccc(Br)cc1. The highest BCUT2D eigenvalue weighted by atomic mass is 79.9. The summed E-state index contributed by atoms with van der Waals surface area (Å²) < 4.78 is 2.92. The van der Waals surface area contributed by atoms with E-state index in [0.717, 1.165) is 22.2 Å². The van der Waals surface area contributed by atoms with Gasteiger partial charge in [-0.1, -0.05) is 65.3 Å². The average molecular weight is 435 g/mol. The summed E-state index contributed by atoms with van der Waals surface area (Å²) in [4.78, 5) is 17.9. The monoisotopic (exact) mass is 434 g/mol. The van der Waals surface area contributed by atoms with Gasteiger partial charge in [-0.25, -0.2) is 4.98 Å². The molecule has 1 saturated carbocycles. The highest BCUT2D eigenvalue weighted by molar-refractivity contribution is 9.10. The van der Waals surface area contributed by atoms with E-state index in [0.29, 0.717) is 5.82 Å². The number of para-hydroxylation sites is 1. The number of hydrogen-bond donors (Lipinski definition) is 0. The Morgan fingerprint density at radius 1 is 1.18 bits per heavy atom. The van der Waals surface area contributed by atoms with Crippen LogP contribution >= 0.6 is 15.9 Å². The van der Waals surface area contributed by atoms with Gasteiger partial charge in [0.1, 0.15) is 0 Å². The smallest absolute Gasteiger partial charge is 0.202 e. The fraction of sp³-hybridized carbons (Fsp3) is 0.250. The van der Waals surface area contributed by atoms with Crippen LogP contribution in [0.2, 0.25) is 0 Å². The lowest BCUT2D eigenvalue weighted by Gasteiger charge is -2.53. The predicted molar refractivity (Wildman–Crippen MR) is 116 cm³/mol. The fourth-order valence-corrected chi connectivity index (χ4v) is 4.65. The van der Waals surface area contributed by atoms with Crippen LogP contribution in [0.1, 0.15) is 42.4 Å². The molecule has 0 saturated heterocycles. The van der Waals surface area contributed by atoms with Crippen molar-refractivity contribution >= 4 is 21.7 Å². The largest absolute Gasteiger partial charge is 0.297 e. The molecule has 1 aromatic heterocycles. The van der Waals surface area contributed by atoms with Crippen molar-refractivity contribution in [2.75, 3.05) is 0 Å². The number of imidazole rings is 1. The molecule has 4 rings (SSSR count). The van der Waals surface area contributed by atoms with Crippen molar-refractivity contribution in [1.82, 2.24) is 9.55 Å². The zero-order chi connectivity index (χ0) is 19.9. The van der Waals surface area contributed by atoms with Gasteiger partial charge >= 0.3 is 0 Å². The van der Waals surface area contributed by atoms with Gasteiger partial charge < -0.3 is 0 Å². The molecule has 1 aliphatic rings. The third-order valence-electron chi connectivity index (χ3n) is 6.17. The standard InChI is InChI=1S/C24H23BrN2O/c1-16(2)24(3)15-20(21(24)17-9-11-18(25)12-10-17)22(28)23-26-13-14-27(23)19-7-5-4-6-8-19/h4-14,20-21H,1,15H2,2-3H3/t20-,21+,24-/m0/s1. The highest BCUT2D eigenvalue weighted by Gasteiger charge is 2.55. The number of halogens is 1. The number of benzene rings is 2. The summed E-state index contributed by atoms with van der Waals surface area (Å²) in [6, 6.07) is 18.2. The minimum Gasteiger partial charge on any atom is -0.297 e. The van der Waals surface area contributed by atoms with Gasteiger partial charge in [-0.15, -0.1) is 0 Å². The number of aromatic nitrogens is 2. The van der Waals surface area contributed by atoms with Crippen LogP contribution in [0.15, 0.2) is 83.6 Å². The van der Waals surface area contributed by atoms with E-state index in [1.807, 2.05) is 53.2 Å². The molecule has 0 spiro atoms. The van der Waals surface area contributed by atoms with Gasteiger partial charge in [0.25, 0.3) is 0 Å². The van der Waals surface area contributed by atoms with E-state index < -0.39 is 0 Å². The third kappa shape index (κ3) is 3.06. The molecule has 0 N–H and O–H groups in total. The molecule has 3 nitrogen and oxygen atoms in total. The van der Waals surface area contributed by atoms with Crippen molar-refractivity contribution in [2.24, 2.45) is 11.3 Å². The van der Waals surface area contributed by atoms with Crippen LogP contribution in [0.25, 0.3) is 5.69 Å². The minimum atomic E-state index is -0.104. The maximum Gasteiger partial charge on any atom is 0.202 e. The molecular formula is C24H23BrN2O. The summed E-state index contributed by atoms with van der Waals surface area (Å²) in [5, 5.41) is 0. The fourth-order valence-electron chi connectivity index (χ4n) is 4.39. The van der Waals surface area contributed by atoms with Gasteiger partial charge in [0.2, 0.25) is 5.78 Å². The average Bonchev–Trinajstić information content (AvgIpc) is 3.17. The molecule has 0 bridgehead atoms. The van der Waals surface area contributed by atoms with Gasteiger partial charge in [0, 0.05) is 34.4 Å². The van der Waals surface area contributed by atoms with Crippen LogP contribution in [0.5, 0.6) is 0 Å². The van der Waals surface area contributed by atoms with Gasteiger partial charge in [0.15, 0.2) is 5.82 Å². The van der Waals surface area contributed by atoms with Crippen LogP contribution in [0.4, 0.5) is 0 Å². The molecule has 1 heterocycles. The van der Waals surface area contributed by atoms with Crippen LogP contribution in [-0.4, -0.2) is 15.3 Å². The zero-order valence-corrected chi connectivity index (χ0v) is 17.7. The lowest BCUT2D eigenvalue weighted by molar-refractivity contribution is 0.0468. The third-order valence-corrected chi connectivity index (χ3v) is 6.70. The lowest BCUT2D eigenvalue weighted by Crippen LogP contribution is -2.48. The summed E-state index contributed by atoms with van der Waals surface area (Å²) in [5.41, 5.74) is 3.16. The molecule has 3 aromatic rings. The molecule has 3 atom stereocenters. The van der Waals surface area contributed by atoms with Crippen molar-refractivity contribution < 1.29 is 4.79 Å². The number of nitrogens with zero attached hydrogens (tertiary/aromatic N) is 2. The Morgan fingerprint density at radius 2 is 1.86 bits per heavy atom. The Labute approximate surface area is 174 Å². The van der Waals surface area contributed by atoms with Gasteiger partial charge in [-0.2, -0.15) is 0 Å². The summed E-state index contributed by atoms with van der Waals surface area (Å²) in [6.07, 6.45) is 4.35. The van der Waals surface area contributed by atoms with Gasteiger partial charge in [-0.05, 0) is 48.6 Å². The Kier molecular flexibility index (Phi) is 4.84. The topological polar surface area (TPSA) is 34.9 Å². The van der Waals surface area contributed by atoms with Crippen LogP contribution in [0.3, 0.4) is 0 Å². The van der Waals surface area contributed by atoms with Crippen LogP contribution < -0.4 is 0 Å². The Morgan fingerprint density at radius 3 is 2.50 bits per heavy atom. The molecule has 0 aliphatic heterocycles. The molecule has 1 fully saturated rings. The van der Waals surface area contributed by atoms with Crippen molar-refractivity contribution in [2.45, 2.75) is 26.2 Å². The normalized spacial score (nSPS) is 23.8. The van der Waals surface area contributed by atoms with Gasteiger partial charge in [0.05, 0.1) is 0 Å². The quantitative estimate of drug-likeness (QED) is 0.353. The second kappa shape index (κ2) is 7.17. The zero-order valence-electron chi connectivity index (χ0n) is 16.1. The summed E-state index contributed by atoms with van der Waals surface area (Å²) >= 11 is 3.51. The Bertz CT molecular complexity index is 1020. The predicted octanol–water partition coefficient (Wildman–Crippen LogP) is 6.20. The van der Waals surface area contributed by atoms with E-state index in [9.17, 15) is 4.79 Å². The van der Waals surface area contributed by atoms with Crippen molar-refractivity contribution in [3.8, 4) is 5.69 Å². The number of hydrogen-bond acceptors (Lipinski definition) is 2. The molecule has 1 aliphatic carbocycles. The van der Waals surface area contributed by atoms with E-state index in [2.05, 4.69) is 53.5 Å². The highest BCUT2D eigenvalue weighted by Crippen LogP contribution is 2.61. The second-order valence-electron chi connectivity index (χ2n) is 7.86. The molecule has 0 amide bonds. The molecule has 142 valence electrons. The van der Waals surface area contributed by atoms with Crippen LogP contribution in [-0.2, 0) is 0 Å². The molecule has 4 heteroatoms. The number of rotatable bonds is 5. The molecule has 0 radical (unpaired) electrons. The Hall–Kier alpha value is -2.46. The Balaban J connectivity index is 1.71. The van der Waals surface area contributed by atoms with E-state index >= 15 is 0 Å². The number of carbonyl (C=O) groups is 1. The molecule has 0 unspecified atom stereocenters. The van der Waals surface area contributed by atoms with E-state index in [1.54, 1.807) is 6.20 Å². The first-order valence-corrected chi connectivity index (χ1v) is 10.3. The summed E-state index contributed by atoms with van der Waals surface area (Å²) in [7, 11) is 0. The molecule has 28 heavy (non-hydrogen) atoms. The number of carbonyl (C=O) groups excluding carboxylic acids is 1. The first-order chi connectivity index (χ1) is 13.4. The van der Waals surface area contributed by atoms with E-state index in [1.165, 1.54) is 5.56 Å². The number of ketones is 1. The van der Waals surface area contributed by atoms with Crippen molar-refractivity contribution in [3.05, 3.63) is 95.0 Å². The lowest BCUT2D eigenvalue weighted by atomic mass is 9.49. The van der Waals surface area contributed by atoms with E-state index in [4.69, 9.17) is 0 Å². The summed E-state index contributed by atoms with van der Waals surface area (Å²) in [6.45, 7) is 8.51. The van der Waals surface area contributed by atoms with E-state index in [-0.39, 0.29) is 23.0 Å². The maximum absolute atomic E-state index is 13.5. The van der Waals surface area contributed by atoms with Crippen molar-refractivity contribution in [1.29, 1.82) is 0 Å². The maximum atomic E-state index is 13.5. The second-order valence-corrected chi connectivity index (χ2v) is 8.77. The molecule has 2 aromatic carbocycles. The first-order valence-electron chi connectivity index (χ1n) is 9.46. The summed E-state index contributed by atoms with van der Waals surface area (Å²) in [5.74, 6) is 0.599. The van der Waals surface area contributed by atoms with Crippen molar-refractivity contribution in [3.63, 3.8) is 0 Å². The number of allylic oxidation sites excluding steroid dienone is 1. The molecular weight excluding hydrogens is 412 g/mol. The minimum absolute atomic E-state index is 0.0850. The first kappa shape index (κ1) is 18.9. The number of Topliss-reactive ketones (excluding diaryl/α,β-unsaturated/α-hetero) is 1. The van der Waals surface area contributed by atoms with Crippen LogP contribution in [0, 0.1) is 11.3 Å². The van der Waals surface area contributed by atoms with Gasteiger partial charge in [-0.3, -0.25) is 9.36 Å².